The predicted molar refractivity (Wildman–Crippen MR) is 95.5 cm³/mol. The number of carbonyl (C=O) groups excluding carboxylic acids is 1. The molecule has 6 heteroatoms. The van der Waals surface area contributed by atoms with Crippen molar-refractivity contribution < 1.29 is 13.2 Å². The number of piperidine rings is 1. The van der Waals surface area contributed by atoms with Gasteiger partial charge in [-0.1, -0.05) is 26.7 Å². The van der Waals surface area contributed by atoms with E-state index in [1.54, 1.807) is 16.4 Å². The third-order valence-corrected chi connectivity index (χ3v) is 6.32. The van der Waals surface area contributed by atoms with Gasteiger partial charge in [-0.15, -0.1) is 0 Å². The van der Waals surface area contributed by atoms with Crippen LogP contribution in [-0.2, 0) is 10.0 Å². The first-order chi connectivity index (χ1) is 11.4. The van der Waals surface area contributed by atoms with E-state index in [1.807, 2.05) is 0 Å². The lowest BCUT2D eigenvalue weighted by Gasteiger charge is -2.30. The Hall–Kier alpha value is -1.40. The lowest BCUT2D eigenvalue weighted by atomic mass is 10.0. The van der Waals surface area contributed by atoms with Crippen LogP contribution in [0, 0.1) is 5.92 Å². The summed E-state index contributed by atoms with van der Waals surface area (Å²) >= 11 is 0. The van der Waals surface area contributed by atoms with Gasteiger partial charge in [-0.25, -0.2) is 8.42 Å². The lowest BCUT2D eigenvalue weighted by molar-refractivity contribution is 0.0953. The van der Waals surface area contributed by atoms with Crippen molar-refractivity contribution >= 4 is 15.9 Å². The van der Waals surface area contributed by atoms with E-state index < -0.39 is 10.0 Å². The Kier molecular flexibility index (Phi) is 6.80. The van der Waals surface area contributed by atoms with E-state index in [4.69, 9.17) is 0 Å². The van der Waals surface area contributed by atoms with E-state index in [2.05, 4.69) is 19.2 Å². The van der Waals surface area contributed by atoms with Crippen molar-refractivity contribution in [2.24, 2.45) is 5.92 Å². The lowest BCUT2D eigenvalue weighted by Crippen LogP contribution is -2.39. The Balaban J connectivity index is 2.01. The minimum Gasteiger partial charge on any atom is -0.352 e. The van der Waals surface area contributed by atoms with Crippen LogP contribution in [0.15, 0.2) is 29.2 Å². The van der Waals surface area contributed by atoms with Crippen LogP contribution >= 0.6 is 0 Å². The molecule has 134 valence electrons. The predicted octanol–water partition coefficient (Wildman–Crippen LogP) is 3.03. The first-order valence-electron chi connectivity index (χ1n) is 8.83. The maximum atomic E-state index is 12.7. The molecule has 0 radical (unpaired) electrons. The number of amides is 1. The fourth-order valence-corrected chi connectivity index (χ4v) is 4.57. The topological polar surface area (TPSA) is 66.5 Å². The Morgan fingerprint density at radius 1 is 1.25 bits per heavy atom. The highest BCUT2D eigenvalue weighted by molar-refractivity contribution is 7.89. The number of rotatable bonds is 7. The van der Waals surface area contributed by atoms with Crippen LogP contribution in [0.5, 0.6) is 0 Å². The minimum atomic E-state index is -3.46. The molecule has 1 aromatic carbocycles. The first-order valence-corrected chi connectivity index (χ1v) is 10.3. The van der Waals surface area contributed by atoms with Crippen LogP contribution in [0.3, 0.4) is 0 Å². The Morgan fingerprint density at radius 3 is 2.58 bits per heavy atom. The van der Waals surface area contributed by atoms with Gasteiger partial charge in [0, 0.05) is 25.2 Å². The normalized spacial score (nSPS) is 19.2. The van der Waals surface area contributed by atoms with Crippen molar-refractivity contribution in [3.05, 3.63) is 29.8 Å². The fourth-order valence-electron chi connectivity index (χ4n) is 2.97. The van der Waals surface area contributed by atoms with Gasteiger partial charge < -0.3 is 5.32 Å². The second-order valence-corrected chi connectivity index (χ2v) is 8.54. The fraction of sp³-hybridized carbons (Fsp3) is 0.611. The van der Waals surface area contributed by atoms with Gasteiger partial charge in [0.15, 0.2) is 0 Å². The van der Waals surface area contributed by atoms with Crippen LogP contribution in [0.25, 0.3) is 0 Å². The molecule has 1 N–H and O–H groups in total. The molecule has 0 bridgehead atoms. The Labute approximate surface area is 145 Å². The van der Waals surface area contributed by atoms with Gasteiger partial charge in [-0.05, 0) is 49.4 Å². The largest absolute Gasteiger partial charge is 0.352 e. The highest BCUT2D eigenvalue weighted by atomic mass is 32.2. The number of unbranched alkanes of at least 4 members (excludes halogenated alkanes) is 2. The highest BCUT2D eigenvalue weighted by Gasteiger charge is 2.28. The zero-order valence-corrected chi connectivity index (χ0v) is 15.4. The molecule has 0 aliphatic carbocycles. The quantitative estimate of drug-likeness (QED) is 0.767. The number of hydrogen-bond donors (Lipinski definition) is 1. The summed E-state index contributed by atoms with van der Waals surface area (Å²) in [7, 11) is -3.46. The van der Waals surface area contributed by atoms with Crippen molar-refractivity contribution in [1.82, 2.24) is 9.62 Å². The summed E-state index contributed by atoms with van der Waals surface area (Å²) < 4.78 is 26.9. The van der Waals surface area contributed by atoms with Gasteiger partial charge in [0.1, 0.15) is 0 Å². The molecule has 0 spiro atoms. The molecule has 1 aliphatic heterocycles. The summed E-state index contributed by atoms with van der Waals surface area (Å²) in [6.07, 6.45) is 5.13. The summed E-state index contributed by atoms with van der Waals surface area (Å²) in [5.41, 5.74) is 0.498. The molecule has 2 rings (SSSR count). The smallest absolute Gasteiger partial charge is 0.251 e. The van der Waals surface area contributed by atoms with Crippen molar-refractivity contribution in [2.45, 2.75) is 50.8 Å². The van der Waals surface area contributed by atoms with Crippen molar-refractivity contribution in [3.63, 3.8) is 0 Å². The van der Waals surface area contributed by atoms with Gasteiger partial charge in [0.25, 0.3) is 5.91 Å². The van der Waals surface area contributed by atoms with E-state index >= 15 is 0 Å². The van der Waals surface area contributed by atoms with Crippen molar-refractivity contribution in [2.75, 3.05) is 19.6 Å². The number of nitrogens with zero attached hydrogens (tertiary/aromatic N) is 1. The second-order valence-electron chi connectivity index (χ2n) is 6.60. The standard InChI is InChI=1S/C18H28N2O3S/c1-3-4-5-12-19-18(21)16-8-10-17(11-9-16)24(22,23)20-13-6-7-15(2)14-20/h8-11,15H,3-7,12-14H2,1-2H3,(H,19,21). The number of hydrogen-bond acceptors (Lipinski definition) is 3. The number of benzene rings is 1. The van der Waals surface area contributed by atoms with Gasteiger partial charge in [0.2, 0.25) is 10.0 Å². The Morgan fingerprint density at radius 2 is 1.96 bits per heavy atom. The van der Waals surface area contributed by atoms with Crippen LogP contribution in [-0.4, -0.2) is 38.3 Å². The molecule has 5 nitrogen and oxygen atoms in total. The third-order valence-electron chi connectivity index (χ3n) is 4.44. The van der Waals surface area contributed by atoms with Gasteiger partial charge in [-0.3, -0.25) is 4.79 Å². The second kappa shape index (κ2) is 8.62. The molecule has 0 aromatic heterocycles. The average molecular weight is 353 g/mol. The van der Waals surface area contributed by atoms with Crippen LogP contribution in [0.4, 0.5) is 0 Å². The van der Waals surface area contributed by atoms with Crippen LogP contribution in [0.2, 0.25) is 0 Å². The molecule has 1 atom stereocenters. The number of nitrogens with one attached hydrogen (secondary N) is 1. The monoisotopic (exact) mass is 352 g/mol. The zero-order valence-electron chi connectivity index (χ0n) is 14.6. The summed E-state index contributed by atoms with van der Waals surface area (Å²) in [4.78, 5) is 12.3. The molecule has 1 saturated heterocycles. The molecular weight excluding hydrogens is 324 g/mol. The zero-order chi connectivity index (χ0) is 17.6. The molecule has 1 aromatic rings. The SMILES string of the molecule is CCCCCNC(=O)c1ccc(S(=O)(=O)N2CCCC(C)C2)cc1. The summed E-state index contributed by atoms with van der Waals surface area (Å²) in [5, 5.41) is 2.86. The molecule has 1 fully saturated rings. The summed E-state index contributed by atoms with van der Waals surface area (Å²) in [6, 6.07) is 6.26. The van der Waals surface area contributed by atoms with E-state index in [0.29, 0.717) is 31.1 Å². The van der Waals surface area contributed by atoms with E-state index in [1.165, 1.54) is 12.1 Å². The maximum absolute atomic E-state index is 12.7. The summed E-state index contributed by atoms with van der Waals surface area (Å²) in [5.74, 6) is 0.239. The molecule has 1 aliphatic rings. The van der Waals surface area contributed by atoms with Gasteiger partial charge in [-0.2, -0.15) is 4.31 Å². The average Bonchev–Trinajstić information content (AvgIpc) is 2.58. The van der Waals surface area contributed by atoms with Crippen LogP contribution in [0.1, 0.15) is 56.3 Å². The molecule has 24 heavy (non-hydrogen) atoms. The summed E-state index contributed by atoms with van der Waals surface area (Å²) in [6.45, 7) is 5.99. The third kappa shape index (κ3) is 4.80. The van der Waals surface area contributed by atoms with Gasteiger partial charge >= 0.3 is 0 Å². The molecule has 1 heterocycles. The maximum Gasteiger partial charge on any atom is 0.251 e. The first kappa shape index (κ1) is 18.9. The molecule has 1 unspecified atom stereocenters. The minimum absolute atomic E-state index is 0.151. The van der Waals surface area contributed by atoms with E-state index in [0.717, 1.165) is 32.1 Å². The highest BCUT2D eigenvalue weighted by Crippen LogP contribution is 2.23. The molecule has 1 amide bonds. The van der Waals surface area contributed by atoms with Crippen molar-refractivity contribution in [1.29, 1.82) is 0 Å². The number of sulfonamides is 1. The Bertz CT molecular complexity index is 641. The van der Waals surface area contributed by atoms with E-state index in [-0.39, 0.29) is 10.8 Å². The van der Waals surface area contributed by atoms with Gasteiger partial charge in [0.05, 0.1) is 4.90 Å². The van der Waals surface area contributed by atoms with E-state index in [9.17, 15) is 13.2 Å². The molecular formula is C18H28N2O3S. The molecule has 0 saturated carbocycles. The number of carbonyl (C=O) groups is 1. The van der Waals surface area contributed by atoms with Crippen molar-refractivity contribution in [3.8, 4) is 0 Å². The van der Waals surface area contributed by atoms with Crippen LogP contribution < -0.4 is 5.32 Å².